The summed E-state index contributed by atoms with van der Waals surface area (Å²) in [6.45, 7) is 4.12. The van der Waals surface area contributed by atoms with Crippen LogP contribution in [0.5, 0.6) is 0 Å². The van der Waals surface area contributed by atoms with E-state index in [0.717, 1.165) is 17.0 Å². The molecule has 0 bridgehead atoms. The number of rotatable bonds is 4. The fourth-order valence-corrected chi connectivity index (χ4v) is 2.35. The van der Waals surface area contributed by atoms with Gasteiger partial charge in [-0.25, -0.2) is 9.97 Å². The van der Waals surface area contributed by atoms with Crippen molar-refractivity contribution >= 4 is 16.8 Å². The zero-order valence-electron chi connectivity index (χ0n) is 12.7. The second-order valence-electron chi connectivity index (χ2n) is 5.13. The average molecular weight is 313 g/mol. The summed E-state index contributed by atoms with van der Waals surface area (Å²) in [7, 11) is 0. The maximum absolute atomic E-state index is 12.2. The summed E-state index contributed by atoms with van der Waals surface area (Å²) >= 11 is 0. The Morgan fingerprint density at radius 1 is 1.35 bits per heavy atom. The highest BCUT2D eigenvalue weighted by Crippen LogP contribution is 2.12. The molecule has 0 radical (unpaired) electrons. The number of hydrogen-bond acceptors (Lipinski definition) is 6. The van der Waals surface area contributed by atoms with E-state index in [1.807, 2.05) is 13.8 Å². The zero-order valence-corrected chi connectivity index (χ0v) is 12.7. The molecule has 0 unspecified atom stereocenters. The third-order valence-corrected chi connectivity index (χ3v) is 3.60. The average Bonchev–Trinajstić information content (AvgIpc) is 2.86. The summed E-state index contributed by atoms with van der Waals surface area (Å²) < 4.78 is 5.08. The second kappa shape index (κ2) is 5.99. The minimum absolute atomic E-state index is 0.176. The third kappa shape index (κ3) is 2.96. The van der Waals surface area contributed by atoms with Crippen LogP contribution in [-0.2, 0) is 6.42 Å². The van der Waals surface area contributed by atoms with Crippen molar-refractivity contribution in [2.45, 2.75) is 20.3 Å². The predicted molar refractivity (Wildman–Crippen MR) is 82.2 cm³/mol. The SMILES string of the molecule is Cc1noc(C)c1CCNC(=O)c1cc2c(=O)[nH]cnc2cn1. The number of H-pyrrole nitrogens is 1. The predicted octanol–water partition coefficient (Wildman–Crippen LogP) is 0.895. The minimum Gasteiger partial charge on any atom is -0.361 e. The van der Waals surface area contributed by atoms with Crippen molar-refractivity contribution in [1.29, 1.82) is 0 Å². The van der Waals surface area contributed by atoms with E-state index >= 15 is 0 Å². The van der Waals surface area contributed by atoms with Gasteiger partial charge in [-0.2, -0.15) is 0 Å². The molecule has 0 spiro atoms. The van der Waals surface area contributed by atoms with Crippen LogP contribution in [0.2, 0.25) is 0 Å². The standard InChI is InChI=1S/C15H15N5O3/c1-8-10(9(2)23-20-8)3-4-16-15(22)12-5-11-13(6-17-12)18-7-19-14(11)21/h5-7H,3-4H2,1-2H3,(H,16,22)(H,18,19,21). The number of nitrogens with zero attached hydrogens (tertiary/aromatic N) is 3. The van der Waals surface area contributed by atoms with Crippen molar-refractivity contribution in [3.05, 3.63) is 51.7 Å². The van der Waals surface area contributed by atoms with Crippen LogP contribution < -0.4 is 10.9 Å². The van der Waals surface area contributed by atoms with Crippen molar-refractivity contribution in [1.82, 2.24) is 25.4 Å². The van der Waals surface area contributed by atoms with Crippen LogP contribution in [0.3, 0.4) is 0 Å². The van der Waals surface area contributed by atoms with Crippen LogP contribution in [0.25, 0.3) is 10.9 Å². The molecule has 3 heterocycles. The number of nitrogens with one attached hydrogen (secondary N) is 2. The Labute approximate surface area is 130 Å². The van der Waals surface area contributed by atoms with Gasteiger partial charge in [-0.1, -0.05) is 5.16 Å². The molecule has 23 heavy (non-hydrogen) atoms. The number of aromatic nitrogens is 4. The zero-order chi connectivity index (χ0) is 16.4. The van der Waals surface area contributed by atoms with Gasteiger partial charge >= 0.3 is 0 Å². The van der Waals surface area contributed by atoms with E-state index in [1.165, 1.54) is 18.6 Å². The lowest BCUT2D eigenvalue weighted by Gasteiger charge is -2.05. The van der Waals surface area contributed by atoms with E-state index < -0.39 is 0 Å². The molecule has 0 fully saturated rings. The van der Waals surface area contributed by atoms with Gasteiger partial charge in [0.15, 0.2) is 0 Å². The number of hydrogen-bond donors (Lipinski definition) is 2. The molecule has 118 valence electrons. The molecule has 0 aromatic carbocycles. The van der Waals surface area contributed by atoms with Gasteiger partial charge in [0, 0.05) is 12.1 Å². The maximum Gasteiger partial charge on any atom is 0.269 e. The normalized spacial score (nSPS) is 10.9. The van der Waals surface area contributed by atoms with Gasteiger partial charge in [0.2, 0.25) is 0 Å². The molecule has 0 saturated heterocycles. The van der Waals surface area contributed by atoms with Crippen molar-refractivity contribution in [3.8, 4) is 0 Å². The lowest BCUT2D eigenvalue weighted by atomic mass is 10.1. The highest BCUT2D eigenvalue weighted by Gasteiger charge is 2.12. The van der Waals surface area contributed by atoms with Gasteiger partial charge in [-0.05, 0) is 26.3 Å². The Hall–Kier alpha value is -3.03. The van der Waals surface area contributed by atoms with Gasteiger partial charge in [-0.3, -0.25) is 9.59 Å². The van der Waals surface area contributed by atoms with Gasteiger partial charge in [0.25, 0.3) is 11.5 Å². The van der Waals surface area contributed by atoms with Crippen LogP contribution in [0.1, 0.15) is 27.5 Å². The first-order valence-electron chi connectivity index (χ1n) is 7.09. The number of pyridine rings is 1. The Kier molecular flexibility index (Phi) is 3.88. The number of carbonyl (C=O) groups is 1. The molecule has 0 aliphatic carbocycles. The molecule has 3 aromatic rings. The summed E-state index contributed by atoms with van der Waals surface area (Å²) in [4.78, 5) is 34.4. The number of aromatic amines is 1. The lowest BCUT2D eigenvalue weighted by molar-refractivity contribution is 0.0949. The van der Waals surface area contributed by atoms with Gasteiger partial charge < -0.3 is 14.8 Å². The third-order valence-electron chi connectivity index (χ3n) is 3.60. The van der Waals surface area contributed by atoms with E-state index in [-0.39, 0.29) is 17.2 Å². The largest absolute Gasteiger partial charge is 0.361 e. The van der Waals surface area contributed by atoms with E-state index in [2.05, 4.69) is 25.4 Å². The van der Waals surface area contributed by atoms with Crippen molar-refractivity contribution < 1.29 is 9.32 Å². The summed E-state index contributed by atoms with van der Waals surface area (Å²) in [5, 5.41) is 6.97. The Balaban J connectivity index is 1.71. The van der Waals surface area contributed by atoms with Crippen LogP contribution in [-0.4, -0.2) is 32.6 Å². The summed E-state index contributed by atoms with van der Waals surface area (Å²) in [5.41, 5.74) is 2.12. The van der Waals surface area contributed by atoms with Gasteiger partial charge in [0.1, 0.15) is 11.5 Å². The van der Waals surface area contributed by atoms with Crippen LogP contribution in [0.4, 0.5) is 0 Å². The molecular weight excluding hydrogens is 298 g/mol. The topological polar surface area (TPSA) is 114 Å². The highest BCUT2D eigenvalue weighted by molar-refractivity contribution is 5.95. The van der Waals surface area contributed by atoms with Crippen LogP contribution in [0, 0.1) is 13.8 Å². The van der Waals surface area contributed by atoms with Crippen LogP contribution >= 0.6 is 0 Å². The Bertz CT molecular complexity index is 909. The van der Waals surface area contributed by atoms with Crippen LogP contribution in [0.15, 0.2) is 27.9 Å². The van der Waals surface area contributed by atoms with E-state index in [1.54, 1.807) is 0 Å². The van der Waals surface area contributed by atoms with E-state index in [4.69, 9.17) is 4.52 Å². The lowest BCUT2D eigenvalue weighted by Crippen LogP contribution is -2.27. The number of aryl methyl sites for hydroxylation is 2. The number of carbonyl (C=O) groups excluding carboxylic acids is 1. The Morgan fingerprint density at radius 2 is 2.17 bits per heavy atom. The smallest absolute Gasteiger partial charge is 0.269 e. The second-order valence-corrected chi connectivity index (χ2v) is 5.13. The maximum atomic E-state index is 12.2. The Morgan fingerprint density at radius 3 is 2.91 bits per heavy atom. The monoisotopic (exact) mass is 313 g/mol. The fourth-order valence-electron chi connectivity index (χ4n) is 2.35. The van der Waals surface area contributed by atoms with E-state index in [0.29, 0.717) is 23.9 Å². The molecule has 2 N–H and O–H groups in total. The molecule has 8 heteroatoms. The molecular formula is C15H15N5O3. The molecule has 0 aliphatic heterocycles. The van der Waals surface area contributed by atoms with Gasteiger partial charge in [-0.15, -0.1) is 0 Å². The molecule has 8 nitrogen and oxygen atoms in total. The molecule has 0 saturated carbocycles. The first-order chi connectivity index (χ1) is 11.1. The van der Waals surface area contributed by atoms with Crippen molar-refractivity contribution in [3.63, 3.8) is 0 Å². The minimum atomic E-state index is -0.345. The summed E-state index contributed by atoms with van der Waals surface area (Å²) in [6.07, 6.45) is 3.33. The molecule has 3 aromatic heterocycles. The summed E-state index contributed by atoms with van der Waals surface area (Å²) in [6, 6.07) is 1.44. The quantitative estimate of drug-likeness (QED) is 0.739. The number of amides is 1. The van der Waals surface area contributed by atoms with E-state index in [9.17, 15) is 9.59 Å². The first-order valence-corrected chi connectivity index (χ1v) is 7.09. The molecule has 3 rings (SSSR count). The first kappa shape index (κ1) is 14.9. The van der Waals surface area contributed by atoms with Crippen molar-refractivity contribution in [2.24, 2.45) is 0 Å². The fraction of sp³-hybridized carbons (Fsp3) is 0.267. The van der Waals surface area contributed by atoms with Gasteiger partial charge in [0.05, 0.1) is 29.1 Å². The molecule has 1 amide bonds. The highest BCUT2D eigenvalue weighted by atomic mass is 16.5. The summed E-state index contributed by atoms with van der Waals surface area (Å²) in [5.74, 6) is 0.403. The number of fused-ring (bicyclic) bond motifs is 1. The van der Waals surface area contributed by atoms with Crippen molar-refractivity contribution in [2.75, 3.05) is 6.54 Å². The molecule has 0 atom stereocenters. The molecule has 0 aliphatic rings.